The molecule has 3 aliphatic rings. The number of esters is 1. The monoisotopic (exact) mass is 737 g/mol. The maximum Gasteiger partial charge on any atom is 0.306 e. The molecule has 0 aliphatic carbocycles. The van der Waals surface area contributed by atoms with Crippen LogP contribution in [0.1, 0.15) is 70.7 Å². The molecule has 8 rings (SSSR count). The van der Waals surface area contributed by atoms with Gasteiger partial charge in [-0.15, -0.1) is 0 Å². The number of ether oxygens (including phenoxy) is 2. The summed E-state index contributed by atoms with van der Waals surface area (Å²) in [5.74, 6) is -1.38. The second kappa shape index (κ2) is 12.2. The molecule has 13 heteroatoms. The topological polar surface area (TPSA) is 172 Å². The zero-order valence-corrected chi connectivity index (χ0v) is 28.7. The smallest absolute Gasteiger partial charge is 0.306 e. The molecule has 50 heavy (non-hydrogen) atoms. The number of carbonyl (C=O) groups is 3. The van der Waals surface area contributed by atoms with Crippen molar-refractivity contribution in [1.82, 2.24) is 15.3 Å². The average molecular weight is 739 g/mol. The third-order valence-electron chi connectivity index (χ3n) is 9.52. The van der Waals surface area contributed by atoms with Gasteiger partial charge in [-0.25, -0.2) is 9.97 Å². The average Bonchev–Trinajstić information content (AvgIpc) is 3.88. The van der Waals surface area contributed by atoms with Crippen LogP contribution in [0, 0.1) is 11.8 Å². The van der Waals surface area contributed by atoms with Gasteiger partial charge in [0.2, 0.25) is 17.7 Å². The fraction of sp³-hybridized carbons (Fsp3) is 0.270. The molecular formula is C37H32BrN5O7. The number of para-hydroxylation sites is 1. The molecule has 3 aliphatic heterocycles. The number of aromatic nitrogens is 2. The van der Waals surface area contributed by atoms with Gasteiger partial charge in [0.1, 0.15) is 30.1 Å². The summed E-state index contributed by atoms with van der Waals surface area (Å²) in [6.45, 7) is 3.97. The second-order valence-electron chi connectivity index (χ2n) is 13.1. The summed E-state index contributed by atoms with van der Waals surface area (Å²) >= 11 is 3.70. The zero-order chi connectivity index (χ0) is 34.7. The number of oxazole rings is 2. The Balaban J connectivity index is 1.30. The van der Waals surface area contributed by atoms with Crippen LogP contribution in [0.15, 0.2) is 86.3 Å². The lowest BCUT2D eigenvalue weighted by molar-refractivity contribution is -0.148. The van der Waals surface area contributed by atoms with E-state index in [-0.39, 0.29) is 54.4 Å². The van der Waals surface area contributed by atoms with Crippen LogP contribution >= 0.6 is 15.9 Å². The molecule has 0 saturated carbocycles. The highest BCUT2D eigenvalue weighted by atomic mass is 79.9. The Labute approximate surface area is 294 Å². The van der Waals surface area contributed by atoms with Crippen molar-refractivity contribution in [3.8, 4) is 17.3 Å². The Hall–Kier alpha value is -5.43. The number of halogens is 1. The van der Waals surface area contributed by atoms with E-state index in [0.717, 1.165) is 32.4 Å². The Morgan fingerprint density at radius 1 is 1.06 bits per heavy atom. The summed E-state index contributed by atoms with van der Waals surface area (Å²) in [6.07, 6.45) is 0.614. The molecule has 5 heterocycles. The molecule has 1 unspecified atom stereocenters. The van der Waals surface area contributed by atoms with Crippen molar-refractivity contribution >= 4 is 39.4 Å². The molecule has 4 bridgehead atoms. The van der Waals surface area contributed by atoms with Gasteiger partial charge in [0.05, 0.1) is 18.0 Å². The normalized spacial score (nSPS) is 21.6. The van der Waals surface area contributed by atoms with E-state index in [9.17, 15) is 14.4 Å². The maximum atomic E-state index is 14.1. The standard InChI is InChI=1S/C37H32BrN5O7/c1-18(2)28-35-42-30(34-40-25(17-48-34)32(39)45)31(50-35)37-22-9-6-10-24(38)29(22)43-36(37)49-26-12-11-20(14-23(26)37)13-21(33(46)41-28)15-27(44)47-16-19-7-4-3-5-8-19/h3-12,14,17-18,21,28,36,43H,13,15-16H2,1-2H3,(H2,39,45)(H,41,46)/t21-,28+,36+,37?/m1/s1. The number of nitrogens with two attached hydrogens (primary N) is 1. The van der Waals surface area contributed by atoms with Gasteiger partial charge in [0.25, 0.3) is 5.91 Å². The number of anilines is 1. The van der Waals surface area contributed by atoms with Crippen LogP contribution in [0.2, 0.25) is 0 Å². The quantitative estimate of drug-likeness (QED) is 0.174. The van der Waals surface area contributed by atoms with Crippen LogP contribution in [0.25, 0.3) is 11.6 Å². The Morgan fingerprint density at radius 3 is 2.64 bits per heavy atom. The number of hydrogen-bond acceptors (Lipinski definition) is 10. The largest absolute Gasteiger partial charge is 0.469 e. The number of fused-ring (bicyclic) bond motifs is 4. The third kappa shape index (κ3) is 5.15. The van der Waals surface area contributed by atoms with Gasteiger partial charge in [0.15, 0.2) is 23.4 Å². The zero-order valence-electron chi connectivity index (χ0n) is 27.1. The van der Waals surface area contributed by atoms with Crippen molar-refractivity contribution < 1.29 is 32.7 Å². The summed E-state index contributed by atoms with van der Waals surface area (Å²) in [6, 6.07) is 20.3. The number of benzene rings is 3. The minimum atomic E-state index is -1.11. The molecule has 3 aromatic carbocycles. The molecule has 1 spiro atoms. The molecule has 5 aromatic rings. The highest BCUT2D eigenvalue weighted by Gasteiger charge is 2.61. The summed E-state index contributed by atoms with van der Waals surface area (Å²) in [5.41, 5.74) is 8.67. The van der Waals surface area contributed by atoms with Crippen molar-refractivity contribution in [2.45, 2.75) is 51.0 Å². The molecule has 4 atom stereocenters. The summed E-state index contributed by atoms with van der Waals surface area (Å²) in [7, 11) is 0. The van der Waals surface area contributed by atoms with Crippen molar-refractivity contribution in [3.63, 3.8) is 0 Å². The SMILES string of the molecule is CC(C)[C@@H]1NC(=O)[C@@H](CC(=O)OCc2ccccc2)Cc2ccc3c(c2)C2(c4cccc(Br)c4N[C@H]2O3)c2oc1nc2-c1nc(C(N)=O)co1. The highest BCUT2D eigenvalue weighted by Crippen LogP contribution is 2.60. The molecule has 2 aromatic heterocycles. The first-order chi connectivity index (χ1) is 24.1. The van der Waals surface area contributed by atoms with Gasteiger partial charge in [-0.2, -0.15) is 0 Å². The van der Waals surface area contributed by atoms with Crippen molar-refractivity contribution in [2.24, 2.45) is 17.6 Å². The summed E-state index contributed by atoms with van der Waals surface area (Å²) < 4.78 is 25.6. The van der Waals surface area contributed by atoms with Crippen molar-refractivity contribution in [2.75, 3.05) is 5.32 Å². The Kier molecular flexibility index (Phi) is 7.74. The van der Waals surface area contributed by atoms with E-state index in [4.69, 9.17) is 29.0 Å². The Morgan fingerprint density at radius 2 is 1.88 bits per heavy atom. The maximum absolute atomic E-state index is 14.1. The first-order valence-corrected chi connectivity index (χ1v) is 17.0. The van der Waals surface area contributed by atoms with E-state index in [1.165, 1.54) is 6.26 Å². The predicted molar refractivity (Wildman–Crippen MR) is 183 cm³/mol. The van der Waals surface area contributed by atoms with Crippen molar-refractivity contribution in [3.05, 3.63) is 117 Å². The first kappa shape index (κ1) is 31.8. The minimum absolute atomic E-state index is 0.0210. The summed E-state index contributed by atoms with van der Waals surface area (Å²) in [5, 5.41) is 6.65. The van der Waals surface area contributed by atoms with Crippen LogP contribution in [0.3, 0.4) is 0 Å². The van der Waals surface area contributed by atoms with E-state index < -0.39 is 35.5 Å². The van der Waals surface area contributed by atoms with Gasteiger partial charge >= 0.3 is 5.97 Å². The molecular weight excluding hydrogens is 706 g/mol. The van der Waals surface area contributed by atoms with Crippen LogP contribution in [-0.2, 0) is 32.8 Å². The van der Waals surface area contributed by atoms with E-state index >= 15 is 0 Å². The number of primary amides is 1. The third-order valence-corrected chi connectivity index (χ3v) is 10.2. The van der Waals surface area contributed by atoms with E-state index in [0.29, 0.717) is 11.5 Å². The number of nitrogens with one attached hydrogen (secondary N) is 2. The van der Waals surface area contributed by atoms with Gasteiger partial charge < -0.3 is 34.7 Å². The van der Waals surface area contributed by atoms with Gasteiger partial charge in [-0.05, 0) is 51.5 Å². The van der Waals surface area contributed by atoms with E-state index in [1.54, 1.807) is 0 Å². The van der Waals surface area contributed by atoms with Gasteiger partial charge in [-0.3, -0.25) is 14.4 Å². The second-order valence-corrected chi connectivity index (χ2v) is 13.9. The fourth-order valence-corrected chi connectivity index (χ4v) is 7.57. The Bertz CT molecular complexity index is 2160. The molecule has 12 nitrogen and oxygen atoms in total. The number of carbonyl (C=O) groups excluding carboxylic acids is 3. The molecule has 2 amide bonds. The van der Waals surface area contributed by atoms with Crippen molar-refractivity contribution in [1.29, 1.82) is 0 Å². The van der Waals surface area contributed by atoms with Crippen LogP contribution in [0.4, 0.5) is 5.69 Å². The lowest BCUT2D eigenvalue weighted by atomic mass is 9.72. The summed E-state index contributed by atoms with van der Waals surface area (Å²) in [4.78, 5) is 48.7. The lowest BCUT2D eigenvalue weighted by Gasteiger charge is -2.28. The van der Waals surface area contributed by atoms with E-state index in [2.05, 4.69) is 31.5 Å². The van der Waals surface area contributed by atoms with Crippen LogP contribution < -0.4 is 21.1 Å². The molecule has 0 saturated heterocycles. The molecule has 0 fully saturated rings. The molecule has 254 valence electrons. The fourth-order valence-electron chi connectivity index (χ4n) is 7.09. The van der Waals surface area contributed by atoms with Gasteiger partial charge in [-0.1, -0.05) is 68.4 Å². The number of hydrogen-bond donors (Lipinski definition) is 3. The van der Waals surface area contributed by atoms with Crippen LogP contribution in [0.5, 0.6) is 5.75 Å². The number of amides is 2. The predicted octanol–water partition coefficient (Wildman–Crippen LogP) is 5.79. The van der Waals surface area contributed by atoms with Crippen LogP contribution in [-0.4, -0.2) is 34.0 Å². The lowest BCUT2D eigenvalue weighted by Crippen LogP contribution is -2.40. The minimum Gasteiger partial charge on any atom is -0.469 e. The number of rotatable bonds is 7. The van der Waals surface area contributed by atoms with Gasteiger partial charge in [0, 0.05) is 15.6 Å². The molecule has 0 radical (unpaired) electrons. The molecule has 4 N–H and O–H groups in total. The number of nitrogens with zero attached hydrogens (tertiary/aromatic N) is 2. The first-order valence-electron chi connectivity index (χ1n) is 16.3. The highest BCUT2D eigenvalue weighted by molar-refractivity contribution is 9.10. The van der Waals surface area contributed by atoms with E-state index in [1.807, 2.05) is 80.6 Å².